The Balaban J connectivity index is 1.72. The van der Waals surface area contributed by atoms with Crippen molar-refractivity contribution in [2.24, 2.45) is 5.92 Å². The van der Waals surface area contributed by atoms with Crippen molar-refractivity contribution >= 4 is 33.4 Å². The Bertz CT molecular complexity index is 616. The van der Waals surface area contributed by atoms with Crippen LogP contribution in [0.5, 0.6) is 0 Å². The van der Waals surface area contributed by atoms with Crippen LogP contribution in [0.25, 0.3) is 0 Å². The lowest BCUT2D eigenvalue weighted by molar-refractivity contribution is -0.134. The Morgan fingerprint density at radius 3 is 2.52 bits per heavy atom. The van der Waals surface area contributed by atoms with Gasteiger partial charge < -0.3 is 10.2 Å². The smallest absolute Gasteiger partial charge is 0.225 e. The minimum absolute atomic E-state index is 0.192. The molecule has 0 atom stereocenters. The molecule has 0 aromatic heterocycles. The number of halogens is 2. The highest BCUT2D eigenvalue weighted by Crippen LogP contribution is 2.19. The van der Waals surface area contributed by atoms with Gasteiger partial charge in [-0.1, -0.05) is 29.8 Å². The van der Waals surface area contributed by atoms with Gasteiger partial charge in [-0.15, -0.1) is 0 Å². The number of piperazine rings is 1. The Hall–Kier alpha value is -1.47. The summed E-state index contributed by atoms with van der Waals surface area (Å²) in [5.41, 5.74) is 0.192. The fourth-order valence-electron chi connectivity index (χ4n) is 2.76. The van der Waals surface area contributed by atoms with Gasteiger partial charge in [0, 0.05) is 50.0 Å². The third kappa shape index (κ3) is 6.40. The molecule has 0 spiro atoms. The molecule has 5 nitrogen and oxygen atoms in total. The van der Waals surface area contributed by atoms with E-state index in [4.69, 9.17) is 0 Å². The van der Waals surface area contributed by atoms with E-state index in [-0.39, 0.29) is 17.5 Å². The van der Waals surface area contributed by atoms with Gasteiger partial charge in [0.1, 0.15) is 5.82 Å². The van der Waals surface area contributed by atoms with Gasteiger partial charge in [0.2, 0.25) is 11.8 Å². The summed E-state index contributed by atoms with van der Waals surface area (Å²) in [6.07, 6.45) is 0.886. The van der Waals surface area contributed by atoms with Crippen LogP contribution in [0, 0.1) is 11.7 Å². The first-order valence-corrected chi connectivity index (χ1v) is 9.39. The molecule has 0 aliphatic carbocycles. The second-order valence-corrected chi connectivity index (χ2v) is 7.66. The Kier molecular flexibility index (Phi) is 7.38. The monoisotopic (exact) mass is 413 g/mol. The molecule has 0 bridgehead atoms. The Labute approximate surface area is 156 Å². The maximum Gasteiger partial charge on any atom is 0.225 e. The van der Waals surface area contributed by atoms with Gasteiger partial charge in [-0.05, 0) is 24.1 Å². The average Bonchev–Trinajstić information content (AvgIpc) is 2.55. The molecular weight excluding hydrogens is 389 g/mol. The Morgan fingerprint density at radius 2 is 1.92 bits per heavy atom. The van der Waals surface area contributed by atoms with Crippen molar-refractivity contribution in [1.29, 1.82) is 0 Å². The number of rotatable bonds is 6. The van der Waals surface area contributed by atoms with Crippen LogP contribution >= 0.6 is 15.9 Å². The highest BCUT2D eigenvalue weighted by atomic mass is 79.9. The summed E-state index contributed by atoms with van der Waals surface area (Å²) in [4.78, 5) is 28.1. The van der Waals surface area contributed by atoms with Crippen LogP contribution in [-0.2, 0) is 9.59 Å². The number of anilines is 1. The predicted molar refractivity (Wildman–Crippen MR) is 99.8 cm³/mol. The summed E-state index contributed by atoms with van der Waals surface area (Å²) < 4.78 is 14.4. The quantitative estimate of drug-likeness (QED) is 0.779. The first-order chi connectivity index (χ1) is 11.8. The number of amides is 2. The van der Waals surface area contributed by atoms with Crippen molar-refractivity contribution in [3.05, 3.63) is 28.5 Å². The van der Waals surface area contributed by atoms with E-state index in [1.54, 1.807) is 6.07 Å². The zero-order chi connectivity index (χ0) is 18.4. The molecule has 25 heavy (non-hydrogen) atoms. The second-order valence-electron chi connectivity index (χ2n) is 6.74. The maximum absolute atomic E-state index is 13.7. The summed E-state index contributed by atoms with van der Waals surface area (Å²) in [7, 11) is 0. The van der Waals surface area contributed by atoms with Crippen molar-refractivity contribution in [3.63, 3.8) is 0 Å². The molecule has 1 aliphatic rings. The number of carbonyl (C=O) groups excluding carboxylic acids is 2. The van der Waals surface area contributed by atoms with Gasteiger partial charge in [0.05, 0.1) is 5.69 Å². The molecule has 1 fully saturated rings. The number of hydrogen-bond donors (Lipinski definition) is 1. The molecule has 1 aromatic carbocycles. The van der Waals surface area contributed by atoms with E-state index in [0.717, 1.165) is 13.1 Å². The summed E-state index contributed by atoms with van der Waals surface area (Å²) in [5, 5.41) is 2.60. The number of hydrogen-bond acceptors (Lipinski definition) is 3. The van der Waals surface area contributed by atoms with Crippen molar-refractivity contribution in [2.45, 2.75) is 26.7 Å². The minimum Gasteiger partial charge on any atom is -0.340 e. The van der Waals surface area contributed by atoms with Gasteiger partial charge in [0.15, 0.2) is 0 Å². The molecule has 0 unspecified atom stereocenters. The van der Waals surface area contributed by atoms with Crippen molar-refractivity contribution in [3.8, 4) is 0 Å². The molecule has 138 valence electrons. The third-order valence-corrected chi connectivity index (χ3v) is 4.66. The van der Waals surface area contributed by atoms with Crippen LogP contribution in [0.2, 0.25) is 0 Å². The lowest BCUT2D eigenvalue weighted by atomic mass is 10.1. The highest BCUT2D eigenvalue weighted by molar-refractivity contribution is 9.10. The van der Waals surface area contributed by atoms with Gasteiger partial charge in [0.25, 0.3) is 0 Å². The molecule has 1 saturated heterocycles. The number of nitrogens with one attached hydrogen (secondary N) is 1. The highest BCUT2D eigenvalue weighted by Gasteiger charge is 2.21. The van der Waals surface area contributed by atoms with E-state index in [0.29, 0.717) is 42.9 Å². The summed E-state index contributed by atoms with van der Waals surface area (Å²) in [5.74, 6) is -0.0918. The predicted octanol–water partition coefficient (Wildman–Crippen LogP) is 3.11. The third-order valence-electron chi connectivity index (χ3n) is 4.17. The van der Waals surface area contributed by atoms with E-state index in [1.807, 2.05) is 18.7 Å². The van der Waals surface area contributed by atoms with Crippen LogP contribution in [0.3, 0.4) is 0 Å². The van der Waals surface area contributed by atoms with E-state index in [2.05, 4.69) is 26.1 Å². The van der Waals surface area contributed by atoms with Crippen molar-refractivity contribution < 1.29 is 14.0 Å². The lowest BCUT2D eigenvalue weighted by Gasteiger charge is -2.35. The topological polar surface area (TPSA) is 52.7 Å². The SMILES string of the molecule is CC(C)CC(=O)N1CCN(CCC(=O)Nc2ccc(Br)cc2F)CC1. The van der Waals surface area contributed by atoms with E-state index >= 15 is 0 Å². The molecular formula is C18H25BrFN3O2. The standard InChI is InChI=1S/C18H25BrFN3O2/c1-13(2)11-18(25)23-9-7-22(8-10-23)6-5-17(24)21-16-4-3-14(19)12-15(16)20/h3-4,12-13H,5-11H2,1-2H3,(H,21,24). The maximum atomic E-state index is 13.7. The first kappa shape index (κ1) is 19.8. The number of carbonyl (C=O) groups is 2. The van der Waals surface area contributed by atoms with Gasteiger partial charge in [-0.2, -0.15) is 0 Å². The minimum atomic E-state index is -0.458. The van der Waals surface area contributed by atoms with Crippen LogP contribution in [0.15, 0.2) is 22.7 Å². The van der Waals surface area contributed by atoms with Crippen molar-refractivity contribution in [1.82, 2.24) is 9.80 Å². The zero-order valence-electron chi connectivity index (χ0n) is 14.7. The van der Waals surface area contributed by atoms with Gasteiger partial charge >= 0.3 is 0 Å². The fourth-order valence-corrected chi connectivity index (χ4v) is 3.10. The second kappa shape index (κ2) is 9.29. The molecule has 1 heterocycles. The fraction of sp³-hybridized carbons (Fsp3) is 0.556. The first-order valence-electron chi connectivity index (χ1n) is 8.60. The number of nitrogens with zero attached hydrogens (tertiary/aromatic N) is 2. The average molecular weight is 414 g/mol. The van der Waals surface area contributed by atoms with Gasteiger partial charge in [-0.3, -0.25) is 14.5 Å². The molecule has 2 amide bonds. The summed E-state index contributed by atoms with van der Waals surface area (Å²) >= 11 is 3.19. The van der Waals surface area contributed by atoms with E-state index in [1.165, 1.54) is 12.1 Å². The molecule has 1 N–H and O–H groups in total. The molecule has 1 aromatic rings. The summed E-state index contributed by atoms with van der Waals surface area (Å²) in [6, 6.07) is 4.55. The molecule has 0 radical (unpaired) electrons. The molecule has 7 heteroatoms. The summed E-state index contributed by atoms with van der Waals surface area (Å²) in [6.45, 7) is 7.63. The van der Waals surface area contributed by atoms with Crippen LogP contribution in [0.4, 0.5) is 10.1 Å². The van der Waals surface area contributed by atoms with Gasteiger partial charge in [-0.25, -0.2) is 4.39 Å². The molecule has 2 rings (SSSR count). The lowest BCUT2D eigenvalue weighted by Crippen LogP contribution is -2.49. The van der Waals surface area contributed by atoms with Crippen LogP contribution in [0.1, 0.15) is 26.7 Å². The zero-order valence-corrected chi connectivity index (χ0v) is 16.3. The number of benzene rings is 1. The largest absolute Gasteiger partial charge is 0.340 e. The van der Waals surface area contributed by atoms with E-state index < -0.39 is 5.82 Å². The van der Waals surface area contributed by atoms with Crippen LogP contribution < -0.4 is 5.32 Å². The van der Waals surface area contributed by atoms with Crippen LogP contribution in [-0.4, -0.2) is 54.3 Å². The normalized spacial score (nSPS) is 15.5. The molecule has 0 saturated carbocycles. The Morgan fingerprint density at radius 1 is 1.24 bits per heavy atom. The van der Waals surface area contributed by atoms with E-state index in [9.17, 15) is 14.0 Å². The van der Waals surface area contributed by atoms with Crippen molar-refractivity contribution in [2.75, 3.05) is 38.0 Å². The molecule has 1 aliphatic heterocycles.